The lowest BCUT2D eigenvalue weighted by Crippen LogP contribution is -2.09. The molecule has 0 amide bonds. The number of pyridine rings is 1. The third-order valence-corrected chi connectivity index (χ3v) is 3.44. The molecule has 2 aromatic rings. The molecule has 0 fully saturated rings. The molecular weight excluding hydrogens is 330 g/mol. The van der Waals surface area contributed by atoms with Crippen LogP contribution in [0.1, 0.15) is 44.0 Å². The number of hydrogen-bond acceptors (Lipinski definition) is 5. The minimum Gasteiger partial charge on any atom is -0.476 e. The quantitative estimate of drug-likeness (QED) is 0.410. The van der Waals surface area contributed by atoms with Gasteiger partial charge in [-0.15, -0.1) is 5.10 Å². The van der Waals surface area contributed by atoms with Gasteiger partial charge in [0, 0.05) is 12.3 Å². The van der Waals surface area contributed by atoms with Crippen molar-refractivity contribution in [2.24, 2.45) is 5.92 Å². The number of ether oxygens (including phenoxy) is 2. The molecule has 7 heteroatoms. The van der Waals surface area contributed by atoms with Gasteiger partial charge in [0.05, 0.1) is 18.8 Å². The summed E-state index contributed by atoms with van der Waals surface area (Å²) in [5.74, 6) is 0.976. The van der Waals surface area contributed by atoms with Crippen molar-refractivity contribution in [3.8, 4) is 11.7 Å². The number of halogens is 1. The summed E-state index contributed by atoms with van der Waals surface area (Å²) in [5, 5.41) is 4.38. The van der Waals surface area contributed by atoms with Crippen molar-refractivity contribution >= 4 is 17.6 Å². The number of carbonyl (C=O) groups excluding carboxylic acids is 1. The van der Waals surface area contributed by atoms with E-state index in [-0.39, 0.29) is 10.7 Å². The lowest BCUT2D eigenvalue weighted by molar-refractivity contribution is 0.0499. The Bertz CT molecular complexity index is 685. The number of aromatic nitrogens is 3. The highest BCUT2D eigenvalue weighted by Crippen LogP contribution is 2.18. The SMILES string of the molecule is CCCCOC(=O)c1ccc(-n2ccc(OCC(C)C)n2)nc1Cl. The summed E-state index contributed by atoms with van der Waals surface area (Å²) in [6, 6.07) is 5.02. The van der Waals surface area contributed by atoms with Crippen molar-refractivity contribution in [3.05, 3.63) is 35.1 Å². The van der Waals surface area contributed by atoms with Crippen molar-refractivity contribution in [3.63, 3.8) is 0 Å². The monoisotopic (exact) mass is 351 g/mol. The highest BCUT2D eigenvalue weighted by atomic mass is 35.5. The highest BCUT2D eigenvalue weighted by Gasteiger charge is 2.14. The molecule has 6 nitrogen and oxygen atoms in total. The Balaban J connectivity index is 2.07. The largest absolute Gasteiger partial charge is 0.476 e. The van der Waals surface area contributed by atoms with Gasteiger partial charge < -0.3 is 9.47 Å². The lowest BCUT2D eigenvalue weighted by atomic mass is 10.2. The molecule has 0 N–H and O–H groups in total. The summed E-state index contributed by atoms with van der Waals surface area (Å²) >= 11 is 6.11. The fourth-order valence-electron chi connectivity index (χ4n) is 1.86. The van der Waals surface area contributed by atoms with E-state index in [1.54, 1.807) is 29.1 Å². The van der Waals surface area contributed by atoms with Crippen LogP contribution >= 0.6 is 11.6 Å². The maximum Gasteiger partial charge on any atom is 0.341 e. The zero-order valence-corrected chi connectivity index (χ0v) is 14.9. The van der Waals surface area contributed by atoms with Gasteiger partial charge in [-0.3, -0.25) is 0 Å². The molecule has 0 aliphatic carbocycles. The fraction of sp³-hybridized carbons (Fsp3) is 0.471. The molecule has 0 saturated heterocycles. The number of esters is 1. The summed E-state index contributed by atoms with van der Waals surface area (Å²) < 4.78 is 12.2. The van der Waals surface area contributed by atoms with Crippen LogP contribution in [0.2, 0.25) is 5.15 Å². The molecule has 2 heterocycles. The molecule has 0 aliphatic rings. The molecule has 0 bridgehead atoms. The smallest absolute Gasteiger partial charge is 0.341 e. The molecule has 0 radical (unpaired) electrons. The highest BCUT2D eigenvalue weighted by molar-refractivity contribution is 6.32. The summed E-state index contributed by atoms with van der Waals surface area (Å²) in [7, 11) is 0. The van der Waals surface area contributed by atoms with Gasteiger partial charge in [-0.2, -0.15) is 0 Å². The zero-order valence-electron chi connectivity index (χ0n) is 14.2. The lowest BCUT2D eigenvalue weighted by Gasteiger charge is -2.07. The van der Waals surface area contributed by atoms with Crippen LogP contribution < -0.4 is 4.74 Å². The second kappa shape index (κ2) is 8.68. The molecule has 2 rings (SSSR count). The van der Waals surface area contributed by atoms with Gasteiger partial charge in [0.1, 0.15) is 5.15 Å². The first-order chi connectivity index (χ1) is 11.5. The van der Waals surface area contributed by atoms with Crippen LogP contribution in [0.5, 0.6) is 5.88 Å². The molecule has 130 valence electrons. The standard InChI is InChI=1S/C17H22ClN3O3/c1-4-5-10-23-17(22)13-6-7-14(19-16(13)18)21-9-8-15(20-21)24-11-12(2)3/h6-9,12H,4-5,10-11H2,1-3H3. The van der Waals surface area contributed by atoms with Crippen LogP contribution in [0.3, 0.4) is 0 Å². The van der Waals surface area contributed by atoms with Crippen molar-refractivity contribution in [2.75, 3.05) is 13.2 Å². The summed E-state index contributed by atoms with van der Waals surface area (Å²) in [6.07, 6.45) is 3.51. The predicted octanol–water partition coefficient (Wildman–Crippen LogP) is 3.91. The molecule has 0 unspecified atom stereocenters. The van der Waals surface area contributed by atoms with E-state index < -0.39 is 5.97 Å². The molecule has 24 heavy (non-hydrogen) atoms. The van der Waals surface area contributed by atoms with Gasteiger partial charge in [-0.25, -0.2) is 14.5 Å². The molecule has 0 saturated carbocycles. The Morgan fingerprint density at radius 2 is 2.12 bits per heavy atom. The van der Waals surface area contributed by atoms with Crippen molar-refractivity contribution < 1.29 is 14.3 Å². The van der Waals surface area contributed by atoms with E-state index in [0.717, 1.165) is 12.8 Å². The number of nitrogens with zero attached hydrogens (tertiary/aromatic N) is 3. The number of unbranched alkanes of at least 4 members (excludes halogenated alkanes) is 1. The molecule has 0 aliphatic heterocycles. The van der Waals surface area contributed by atoms with E-state index in [1.807, 2.05) is 6.92 Å². The molecular formula is C17H22ClN3O3. The van der Waals surface area contributed by atoms with E-state index in [1.165, 1.54) is 0 Å². The third-order valence-electron chi connectivity index (χ3n) is 3.15. The number of rotatable bonds is 8. The van der Waals surface area contributed by atoms with Crippen LogP contribution in [0.4, 0.5) is 0 Å². The van der Waals surface area contributed by atoms with Gasteiger partial charge in [-0.05, 0) is 24.5 Å². The molecule has 0 atom stereocenters. The Morgan fingerprint density at radius 3 is 2.79 bits per heavy atom. The summed E-state index contributed by atoms with van der Waals surface area (Å²) in [4.78, 5) is 16.2. The average Bonchev–Trinajstić information content (AvgIpc) is 3.02. The van der Waals surface area contributed by atoms with Crippen LogP contribution in [-0.2, 0) is 4.74 Å². The van der Waals surface area contributed by atoms with Gasteiger partial charge in [-0.1, -0.05) is 38.8 Å². The van der Waals surface area contributed by atoms with E-state index in [9.17, 15) is 4.79 Å². The second-order valence-electron chi connectivity index (χ2n) is 5.80. The second-order valence-corrected chi connectivity index (χ2v) is 6.16. The topological polar surface area (TPSA) is 66.2 Å². The van der Waals surface area contributed by atoms with E-state index in [4.69, 9.17) is 21.1 Å². The number of carbonyl (C=O) groups is 1. The minimum atomic E-state index is -0.464. The fourth-order valence-corrected chi connectivity index (χ4v) is 2.08. The third kappa shape index (κ3) is 4.96. The van der Waals surface area contributed by atoms with Crippen molar-refractivity contribution in [1.82, 2.24) is 14.8 Å². The van der Waals surface area contributed by atoms with Gasteiger partial charge in [0.2, 0.25) is 5.88 Å². The molecule has 2 aromatic heterocycles. The Labute approximate surface area is 146 Å². The normalized spacial score (nSPS) is 10.9. The maximum absolute atomic E-state index is 12.0. The zero-order chi connectivity index (χ0) is 17.5. The van der Waals surface area contributed by atoms with Crippen LogP contribution in [0.25, 0.3) is 5.82 Å². The predicted molar refractivity (Wildman–Crippen MR) is 91.9 cm³/mol. The van der Waals surface area contributed by atoms with E-state index >= 15 is 0 Å². The van der Waals surface area contributed by atoms with Crippen LogP contribution in [0.15, 0.2) is 24.4 Å². The van der Waals surface area contributed by atoms with Gasteiger partial charge in [0.15, 0.2) is 5.82 Å². The van der Waals surface area contributed by atoms with Crippen LogP contribution in [0, 0.1) is 5.92 Å². The first kappa shape index (κ1) is 18.3. The maximum atomic E-state index is 12.0. The first-order valence-electron chi connectivity index (χ1n) is 8.03. The Hall–Kier alpha value is -2.08. The molecule has 0 aromatic carbocycles. The van der Waals surface area contributed by atoms with Gasteiger partial charge >= 0.3 is 5.97 Å². The molecule has 0 spiro atoms. The van der Waals surface area contributed by atoms with E-state index in [0.29, 0.717) is 30.8 Å². The summed E-state index contributed by atoms with van der Waals surface area (Å²) in [5.41, 5.74) is 0.250. The van der Waals surface area contributed by atoms with Crippen molar-refractivity contribution in [2.45, 2.75) is 33.6 Å². The minimum absolute atomic E-state index is 0.0918. The van der Waals surface area contributed by atoms with Crippen molar-refractivity contribution in [1.29, 1.82) is 0 Å². The summed E-state index contributed by atoms with van der Waals surface area (Å²) in [6.45, 7) is 7.13. The Kier molecular flexibility index (Phi) is 6.61. The number of hydrogen-bond donors (Lipinski definition) is 0. The van der Waals surface area contributed by atoms with Crippen LogP contribution in [-0.4, -0.2) is 33.9 Å². The van der Waals surface area contributed by atoms with E-state index in [2.05, 4.69) is 23.9 Å². The first-order valence-corrected chi connectivity index (χ1v) is 8.41. The van der Waals surface area contributed by atoms with Gasteiger partial charge in [0.25, 0.3) is 0 Å². The Morgan fingerprint density at radius 1 is 1.33 bits per heavy atom. The average molecular weight is 352 g/mol.